The Hall–Kier alpha value is -1.46. The van der Waals surface area contributed by atoms with Crippen LogP contribution in [0.1, 0.15) is 9.67 Å². The topological polar surface area (TPSA) is 55.8 Å². The molecule has 0 fully saturated rings. The number of carboxylic acids is 1. The van der Waals surface area contributed by atoms with Crippen LogP contribution in [0, 0.1) is 0 Å². The van der Waals surface area contributed by atoms with E-state index >= 15 is 0 Å². The lowest BCUT2D eigenvalue weighted by Crippen LogP contribution is -1.91. The lowest BCUT2D eigenvalue weighted by molar-refractivity contribution is 0.0702. The molecule has 0 aliphatic carbocycles. The zero-order valence-electron chi connectivity index (χ0n) is 9.11. The first-order valence-corrected chi connectivity index (χ1v) is 5.85. The molecule has 6 heteroatoms. The van der Waals surface area contributed by atoms with Gasteiger partial charge in [-0.2, -0.15) is 0 Å². The maximum Gasteiger partial charge on any atom is 0.347 e. The standard InChI is InChI=1S/C11H9ClO4S/c1-15-6-3-5-8(4-7(6)16-2)17-10(9(5)12)11(13)14/h3-4H,1-2H3,(H,13,14). The van der Waals surface area contributed by atoms with Crippen LogP contribution in [0.2, 0.25) is 5.02 Å². The molecule has 17 heavy (non-hydrogen) atoms. The summed E-state index contributed by atoms with van der Waals surface area (Å²) in [6, 6.07) is 3.40. The Labute approximate surface area is 106 Å². The lowest BCUT2D eigenvalue weighted by Gasteiger charge is -2.06. The highest BCUT2D eigenvalue weighted by Crippen LogP contribution is 2.41. The average Bonchev–Trinajstić information content (AvgIpc) is 2.64. The average molecular weight is 273 g/mol. The van der Waals surface area contributed by atoms with Gasteiger partial charge in [0.2, 0.25) is 0 Å². The summed E-state index contributed by atoms with van der Waals surface area (Å²) in [5.41, 5.74) is 0. The minimum absolute atomic E-state index is 0.122. The molecule has 4 nitrogen and oxygen atoms in total. The van der Waals surface area contributed by atoms with Crippen molar-refractivity contribution in [2.24, 2.45) is 0 Å². The molecule has 2 rings (SSSR count). The molecule has 1 N–H and O–H groups in total. The van der Waals surface area contributed by atoms with Crippen molar-refractivity contribution >= 4 is 39.0 Å². The highest BCUT2D eigenvalue weighted by Gasteiger charge is 2.18. The summed E-state index contributed by atoms with van der Waals surface area (Å²) < 4.78 is 11.0. The Morgan fingerprint density at radius 2 is 1.88 bits per heavy atom. The number of carboxylic acid groups (broad SMARTS) is 1. The molecule has 0 amide bonds. The number of rotatable bonds is 3. The molecule has 1 aromatic carbocycles. The zero-order valence-corrected chi connectivity index (χ0v) is 10.7. The Morgan fingerprint density at radius 3 is 2.41 bits per heavy atom. The summed E-state index contributed by atoms with van der Waals surface area (Å²) in [6.45, 7) is 0. The van der Waals surface area contributed by atoms with Crippen LogP contribution in [0.3, 0.4) is 0 Å². The van der Waals surface area contributed by atoms with E-state index < -0.39 is 5.97 Å². The normalized spacial score (nSPS) is 10.5. The van der Waals surface area contributed by atoms with Crippen LogP contribution in [-0.4, -0.2) is 25.3 Å². The van der Waals surface area contributed by atoms with Crippen LogP contribution in [0.15, 0.2) is 12.1 Å². The van der Waals surface area contributed by atoms with Gasteiger partial charge in [-0.25, -0.2) is 4.79 Å². The van der Waals surface area contributed by atoms with Crippen LogP contribution in [0.5, 0.6) is 11.5 Å². The van der Waals surface area contributed by atoms with Crippen molar-refractivity contribution < 1.29 is 19.4 Å². The van der Waals surface area contributed by atoms with E-state index in [0.717, 1.165) is 16.0 Å². The van der Waals surface area contributed by atoms with Gasteiger partial charge in [0, 0.05) is 16.2 Å². The molecule has 0 saturated heterocycles. The first-order chi connectivity index (χ1) is 8.08. The number of fused-ring (bicyclic) bond motifs is 1. The van der Waals surface area contributed by atoms with Crippen molar-refractivity contribution in [1.29, 1.82) is 0 Å². The number of benzene rings is 1. The van der Waals surface area contributed by atoms with Gasteiger partial charge in [-0.15, -0.1) is 11.3 Å². The minimum atomic E-state index is -1.03. The fourth-order valence-corrected chi connectivity index (χ4v) is 2.88. The van der Waals surface area contributed by atoms with E-state index in [1.165, 1.54) is 14.2 Å². The quantitative estimate of drug-likeness (QED) is 0.932. The lowest BCUT2D eigenvalue weighted by atomic mass is 10.2. The van der Waals surface area contributed by atoms with Crippen molar-refractivity contribution in [3.8, 4) is 11.5 Å². The highest BCUT2D eigenvalue weighted by molar-refractivity contribution is 7.21. The molecule has 0 aliphatic rings. The highest BCUT2D eigenvalue weighted by atomic mass is 35.5. The molecule has 2 aromatic rings. The Balaban J connectivity index is 2.75. The molecule has 0 bridgehead atoms. The molecular weight excluding hydrogens is 264 g/mol. The van der Waals surface area contributed by atoms with Gasteiger partial charge >= 0.3 is 5.97 Å². The SMILES string of the molecule is COc1cc2sc(C(=O)O)c(Cl)c2cc1OC. The van der Waals surface area contributed by atoms with E-state index in [9.17, 15) is 4.79 Å². The molecule has 1 aromatic heterocycles. The van der Waals surface area contributed by atoms with Gasteiger partial charge in [0.25, 0.3) is 0 Å². The third kappa shape index (κ3) is 1.92. The number of carbonyl (C=O) groups is 1. The van der Waals surface area contributed by atoms with E-state index in [4.69, 9.17) is 26.2 Å². The summed E-state index contributed by atoms with van der Waals surface area (Å²) >= 11 is 7.12. The van der Waals surface area contributed by atoms with E-state index in [2.05, 4.69) is 0 Å². The largest absolute Gasteiger partial charge is 0.493 e. The molecule has 90 valence electrons. The maximum atomic E-state index is 11.0. The first-order valence-electron chi connectivity index (χ1n) is 4.65. The molecule has 0 radical (unpaired) electrons. The first kappa shape index (κ1) is 12.0. The summed E-state index contributed by atoms with van der Waals surface area (Å²) in [4.78, 5) is 11.1. The number of methoxy groups -OCH3 is 2. The predicted octanol–water partition coefficient (Wildman–Crippen LogP) is 3.27. The minimum Gasteiger partial charge on any atom is -0.493 e. The summed E-state index contributed by atoms with van der Waals surface area (Å²) in [6.07, 6.45) is 0. The maximum absolute atomic E-state index is 11.0. The van der Waals surface area contributed by atoms with Gasteiger partial charge in [0.05, 0.1) is 19.2 Å². The Kier molecular flexibility index (Phi) is 3.13. The monoisotopic (exact) mass is 272 g/mol. The fourth-order valence-electron chi connectivity index (χ4n) is 1.53. The van der Waals surface area contributed by atoms with Crippen molar-refractivity contribution in [1.82, 2.24) is 0 Å². The number of ether oxygens (including phenoxy) is 2. The fraction of sp³-hybridized carbons (Fsp3) is 0.182. The molecular formula is C11H9ClO4S. The summed E-state index contributed by atoms with van der Waals surface area (Å²) in [5, 5.41) is 9.88. The van der Waals surface area contributed by atoms with Crippen molar-refractivity contribution in [3.05, 3.63) is 22.0 Å². The Bertz CT molecular complexity index is 591. The molecule has 1 heterocycles. The molecule has 0 unspecified atom stereocenters. The van der Waals surface area contributed by atoms with Gasteiger partial charge in [-0.1, -0.05) is 11.6 Å². The van der Waals surface area contributed by atoms with Gasteiger partial charge in [0.15, 0.2) is 11.5 Å². The number of thiophene rings is 1. The number of hydrogen-bond acceptors (Lipinski definition) is 4. The third-order valence-corrected chi connectivity index (χ3v) is 3.97. The van der Waals surface area contributed by atoms with Crippen molar-refractivity contribution in [3.63, 3.8) is 0 Å². The van der Waals surface area contributed by atoms with Crippen LogP contribution < -0.4 is 9.47 Å². The van der Waals surface area contributed by atoms with E-state index in [1.54, 1.807) is 12.1 Å². The Morgan fingerprint density at radius 1 is 1.29 bits per heavy atom. The predicted molar refractivity (Wildman–Crippen MR) is 66.9 cm³/mol. The van der Waals surface area contributed by atoms with Crippen molar-refractivity contribution in [2.75, 3.05) is 14.2 Å². The zero-order chi connectivity index (χ0) is 12.6. The van der Waals surface area contributed by atoms with Crippen molar-refractivity contribution in [2.45, 2.75) is 0 Å². The smallest absolute Gasteiger partial charge is 0.347 e. The van der Waals surface area contributed by atoms with E-state index in [-0.39, 0.29) is 9.90 Å². The van der Waals surface area contributed by atoms with E-state index in [0.29, 0.717) is 16.9 Å². The molecule has 0 aliphatic heterocycles. The van der Waals surface area contributed by atoms with Crippen LogP contribution in [0.4, 0.5) is 0 Å². The summed E-state index contributed by atoms with van der Waals surface area (Å²) in [7, 11) is 3.04. The second-order valence-corrected chi connectivity index (χ2v) is 4.68. The number of aromatic carboxylic acids is 1. The van der Waals surface area contributed by atoms with Gasteiger partial charge in [-0.05, 0) is 6.07 Å². The number of hydrogen-bond donors (Lipinski definition) is 1. The van der Waals surface area contributed by atoms with E-state index in [1.807, 2.05) is 0 Å². The number of halogens is 1. The second-order valence-electron chi connectivity index (χ2n) is 3.25. The molecule has 0 atom stereocenters. The molecule has 0 saturated carbocycles. The van der Waals surface area contributed by atoms with Crippen LogP contribution in [-0.2, 0) is 0 Å². The van der Waals surface area contributed by atoms with Gasteiger partial charge in [0.1, 0.15) is 4.88 Å². The summed E-state index contributed by atoms with van der Waals surface area (Å²) in [5.74, 6) is 0.0422. The van der Waals surface area contributed by atoms with Gasteiger partial charge < -0.3 is 14.6 Å². The van der Waals surface area contributed by atoms with Gasteiger partial charge in [-0.3, -0.25) is 0 Å². The second kappa shape index (κ2) is 4.43. The van der Waals surface area contributed by atoms with Crippen LogP contribution >= 0.6 is 22.9 Å². The third-order valence-electron chi connectivity index (χ3n) is 2.33. The molecule has 0 spiro atoms. The van der Waals surface area contributed by atoms with Crippen LogP contribution in [0.25, 0.3) is 10.1 Å².